The molecule has 0 aromatic rings. The van der Waals surface area contributed by atoms with Crippen LogP contribution >= 0.6 is 0 Å². The van der Waals surface area contributed by atoms with E-state index in [9.17, 15) is 8.78 Å². The van der Waals surface area contributed by atoms with Crippen molar-refractivity contribution >= 4 is 0 Å². The summed E-state index contributed by atoms with van der Waals surface area (Å²) >= 11 is 0. The van der Waals surface area contributed by atoms with Gasteiger partial charge in [0.25, 0.3) is 6.43 Å². The number of rotatable bonds is 3. The Balaban J connectivity index is 2.40. The van der Waals surface area contributed by atoms with Gasteiger partial charge in [-0.05, 0) is 18.8 Å². The monoisotopic (exact) mass is 164 g/mol. The van der Waals surface area contributed by atoms with E-state index < -0.39 is 12.5 Å². The predicted molar refractivity (Wildman–Crippen MR) is 39.1 cm³/mol. The number of nitrogens with one attached hydrogen (secondary N) is 1. The van der Waals surface area contributed by atoms with Crippen molar-refractivity contribution in [3.05, 3.63) is 0 Å². The molecular weight excluding hydrogens is 150 g/mol. The normalized spacial score (nSPS) is 22.9. The Morgan fingerprint density at radius 1 is 1.27 bits per heavy atom. The van der Waals surface area contributed by atoms with E-state index in [1.807, 2.05) is 0 Å². The SMILES string of the molecule is NNC(C(F)F)C1CCCC1. The molecule has 0 heterocycles. The lowest BCUT2D eigenvalue weighted by atomic mass is 9.99. The molecular formula is C7H14F2N2. The van der Waals surface area contributed by atoms with Gasteiger partial charge in [0.15, 0.2) is 0 Å². The van der Waals surface area contributed by atoms with Crippen molar-refractivity contribution in [1.29, 1.82) is 0 Å². The number of alkyl halides is 2. The van der Waals surface area contributed by atoms with Gasteiger partial charge in [-0.15, -0.1) is 0 Å². The van der Waals surface area contributed by atoms with Crippen LogP contribution in [0.4, 0.5) is 8.78 Å². The smallest absolute Gasteiger partial charge is 0.255 e. The standard InChI is InChI=1S/C7H14F2N2/c8-7(9)6(11-10)5-3-1-2-4-5/h5-7,11H,1-4,10H2. The Kier molecular flexibility index (Phi) is 3.20. The molecule has 1 aliphatic rings. The summed E-state index contributed by atoms with van der Waals surface area (Å²) in [5, 5.41) is 0. The zero-order chi connectivity index (χ0) is 8.27. The molecule has 1 fully saturated rings. The van der Waals surface area contributed by atoms with Gasteiger partial charge in [0.1, 0.15) is 0 Å². The van der Waals surface area contributed by atoms with E-state index in [2.05, 4.69) is 5.43 Å². The third-order valence-corrected chi connectivity index (χ3v) is 2.37. The lowest BCUT2D eigenvalue weighted by Crippen LogP contribution is -2.45. The van der Waals surface area contributed by atoms with E-state index in [1.165, 1.54) is 0 Å². The highest BCUT2D eigenvalue weighted by Gasteiger charge is 2.30. The molecule has 0 aromatic carbocycles. The van der Waals surface area contributed by atoms with Crippen molar-refractivity contribution in [2.24, 2.45) is 11.8 Å². The van der Waals surface area contributed by atoms with Crippen LogP contribution in [-0.2, 0) is 0 Å². The van der Waals surface area contributed by atoms with Gasteiger partial charge in [-0.1, -0.05) is 12.8 Å². The Labute approximate surface area is 65.1 Å². The molecule has 3 N–H and O–H groups in total. The van der Waals surface area contributed by atoms with Crippen molar-refractivity contribution in [1.82, 2.24) is 5.43 Å². The Hall–Kier alpha value is -0.220. The van der Waals surface area contributed by atoms with Gasteiger partial charge in [0.2, 0.25) is 0 Å². The second kappa shape index (κ2) is 3.97. The third kappa shape index (κ3) is 2.10. The van der Waals surface area contributed by atoms with Crippen LogP contribution in [0.2, 0.25) is 0 Å². The van der Waals surface area contributed by atoms with Crippen molar-refractivity contribution in [3.63, 3.8) is 0 Å². The Morgan fingerprint density at radius 3 is 2.18 bits per heavy atom. The average molecular weight is 164 g/mol. The van der Waals surface area contributed by atoms with Crippen LogP contribution in [0.3, 0.4) is 0 Å². The van der Waals surface area contributed by atoms with Crippen LogP contribution in [-0.4, -0.2) is 12.5 Å². The predicted octanol–water partition coefficient (Wildman–Crippen LogP) is 1.27. The fourth-order valence-electron chi connectivity index (χ4n) is 1.73. The Bertz CT molecular complexity index is 113. The first-order valence-corrected chi connectivity index (χ1v) is 4.00. The molecule has 66 valence electrons. The van der Waals surface area contributed by atoms with Crippen LogP contribution in [0.1, 0.15) is 25.7 Å². The largest absolute Gasteiger partial charge is 0.271 e. The molecule has 0 spiro atoms. The first-order chi connectivity index (χ1) is 5.25. The highest BCUT2D eigenvalue weighted by Crippen LogP contribution is 2.29. The fourth-order valence-corrected chi connectivity index (χ4v) is 1.73. The van der Waals surface area contributed by atoms with Crippen LogP contribution in [0.25, 0.3) is 0 Å². The first kappa shape index (κ1) is 8.87. The molecule has 0 radical (unpaired) electrons. The van der Waals surface area contributed by atoms with Crippen molar-refractivity contribution in [3.8, 4) is 0 Å². The molecule has 0 bridgehead atoms. The maximum atomic E-state index is 12.2. The number of hydrazine groups is 1. The number of halogens is 2. The van der Waals surface area contributed by atoms with Gasteiger partial charge >= 0.3 is 0 Å². The summed E-state index contributed by atoms with van der Waals surface area (Å²) in [7, 11) is 0. The van der Waals surface area contributed by atoms with Gasteiger partial charge in [-0.2, -0.15) is 0 Å². The summed E-state index contributed by atoms with van der Waals surface area (Å²) in [5.74, 6) is 5.11. The lowest BCUT2D eigenvalue weighted by molar-refractivity contribution is 0.0702. The van der Waals surface area contributed by atoms with Gasteiger partial charge in [-0.25, -0.2) is 8.78 Å². The molecule has 0 aromatic heterocycles. The van der Waals surface area contributed by atoms with E-state index in [4.69, 9.17) is 5.84 Å². The zero-order valence-electron chi connectivity index (χ0n) is 6.39. The van der Waals surface area contributed by atoms with Crippen LogP contribution in [0.5, 0.6) is 0 Å². The highest BCUT2D eigenvalue weighted by atomic mass is 19.3. The fraction of sp³-hybridized carbons (Fsp3) is 1.00. The maximum Gasteiger partial charge on any atom is 0.255 e. The molecule has 0 amide bonds. The minimum absolute atomic E-state index is 0.0833. The minimum atomic E-state index is -2.33. The van der Waals surface area contributed by atoms with Gasteiger partial charge < -0.3 is 0 Å². The van der Waals surface area contributed by atoms with E-state index in [0.29, 0.717) is 0 Å². The Morgan fingerprint density at radius 2 is 1.82 bits per heavy atom. The minimum Gasteiger partial charge on any atom is -0.271 e. The zero-order valence-corrected chi connectivity index (χ0v) is 6.39. The molecule has 4 heteroatoms. The molecule has 1 rings (SSSR count). The summed E-state index contributed by atoms with van der Waals surface area (Å²) in [6.45, 7) is 0. The molecule has 1 saturated carbocycles. The molecule has 1 unspecified atom stereocenters. The van der Waals surface area contributed by atoms with Crippen molar-refractivity contribution < 1.29 is 8.78 Å². The quantitative estimate of drug-likeness (QED) is 0.487. The number of hydrogen-bond donors (Lipinski definition) is 2. The van der Waals surface area contributed by atoms with Crippen LogP contribution < -0.4 is 11.3 Å². The molecule has 1 atom stereocenters. The van der Waals surface area contributed by atoms with E-state index in [-0.39, 0.29) is 5.92 Å². The molecule has 2 nitrogen and oxygen atoms in total. The summed E-state index contributed by atoms with van der Waals surface area (Å²) < 4.78 is 24.4. The van der Waals surface area contributed by atoms with Crippen LogP contribution in [0.15, 0.2) is 0 Å². The topological polar surface area (TPSA) is 38.0 Å². The second-order valence-corrected chi connectivity index (χ2v) is 3.07. The maximum absolute atomic E-state index is 12.2. The second-order valence-electron chi connectivity index (χ2n) is 3.07. The summed E-state index contributed by atoms with van der Waals surface area (Å²) in [5.41, 5.74) is 2.19. The summed E-state index contributed by atoms with van der Waals surface area (Å²) in [6.07, 6.45) is 1.58. The van der Waals surface area contributed by atoms with E-state index in [0.717, 1.165) is 25.7 Å². The summed E-state index contributed by atoms with van der Waals surface area (Å²) in [4.78, 5) is 0. The highest BCUT2D eigenvalue weighted by molar-refractivity contribution is 4.80. The van der Waals surface area contributed by atoms with Crippen molar-refractivity contribution in [2.75, 3.05) is 0 Å². The van der Waals surface area contributed by atoms with E-state index in [1.54, 1.807) is 0 Å². The van der Waals surface area contributed by atoms with Gasteiger partial charge in [0, 0.05) is 0 Å². The number of nitrogens with two attached hydrogens (primary N) is 1. The van der Waals surface area contributed by atoms with Crippen LogP contribution in [0, 0.1) is 5.92 Å². The first-order valence-electron chi connectivity index (χ1n) is 4.00. The third-order valence-electron chi connectivity index (χ3n) is 2.37. The molecule has 0 aliphatic heterocycles. The lowest BCUT2D eigenvalue weighted by Gasteiger charge is -2.20. The molecule has 11 heavy (non-hydrogen) atoms. The molecule has 0 saturated heterocycles. The van der Waals surface area contributed by atoms with E-state index >= 15 is 0 Å². The van der Waals surface area contributed by atoms with Crippen molar-refractivity contribution in [2.45, 2.75) is 38.2 Å². The number of hydrogen-bond acceptors (Lipinski definition) is 2. The van der Waals surface area contributed by atoms with Gasteiger partial charge in [-0.3, -0.25) is 11.3 Å². The average Bonchev–Trinajstić information content (AvgIpc) is 2.40. The van der Waals surface area contributed by atoms with Gasteiger partial charge in [0.05, 0.1) is 6.04 Å². The summed E-state index contributed by atoms with van der Waals surface area (Å²) in [6, 6.07) is -0.794. The molecule has 1 aliphatic carbocycles.